The Morgan fingerprint density at radius 1 is 1.37 bits per heavy atom. The molecular weight excluding hydrogens is 378 g/mol. The van der Waals surface area contributed by atoms with Crippen LogP contribution in [0.25, 0.3) is 10.2 Å². The molecule has 0 aromatic carbocycles. The third kappa shape index (κ3) is 5.13. The van der Waals surface area contributed by atoms with Crippen molar-refractivity contribution in [3.05, 3.63) is 20.8 Å². The molecule has 0 saturated heterocycles. The van der Waals surface area contributed by atoms with Gasteiger partial charge in [0, 0.05) is 10.9 Å². The van der Waals surface area contributed by atoms with Crippen LogP contribution < -0.4 is 10.9 Å². The molecule has 2 aromatic heterocycles. The van der Waals surface area contributed by atoms with E-state index in [2.05, 4.69) is 36.1 Å². The summed E-state index contributed by atoms with van der Waals surface area (Å²) in [5.41, 5.74) is 1.12. The summed E-state index contributed by atoms with van der Waals surface area (Å²) in [6.07, 6.45) is 5.21. The molecule has 0 saturated carbocycles. The monoisotopic (exact) mass is 407 g/mol. The minimum absolute atomic E-state index is 0.0155. The summed E-state index contributed by atoms with van der Waals surface area (Å²) in [7, 11) is 0. The predicted octanol–water partition coefficient (Wildman–Crippen LogP) is 4.14. The van der Waals surface area contributed by atoms with Crippen LogP contribution in [-0.4, -0.2) is 27.7 Å². The highest BCUT2D eigenvalue weighted by Gasteiger charge is 2.23. The number of H-pyrrole nitrogens is 1. The molecule has 148 valence electrons. The summed E-state index contributed by atoms with van der Waals surface area (Å²) in [6.45, 7) is 8.67. The number of hydrogen-bond donors (Lipinski definition) is 2. The molecule has 5 nitrogen and oxygen atoms in total. The van der Waals surface area contributed by atoms with E-state index in [1.54, 1.807) is 11.3 Å². The fourth-order valence-electron chi connectivity index (χ4n) is 3.50. The molecule has 0 unspecified atom stereocenters. The molecule has 0 radical (unpaired) electrons. The molecule has 1 aliphatic carbocycles. The van der Waals surface area contributed by atoms with E-state index >= 15 is 0 Å². The molecule has 2 N–H and O–H groups in total. The largest absolute Gasteiger partial charge is 0.353 e. The summed E-state index contributed by atoms with van der Waals surface area (Å²) in [5, 5.41) is 4.32. The Kier molecular flexibility index (Phi) is 6.63. The maximum atomic E-state index is 12.6. The van der Waals surface area contributed by atoms with Gasteiger partial charge < -0.3 is 10.3 Å². The summed E-state index contributed by atoms with van der Waals surface area (Å²) in [5.74, 6) is 1.56. The lowest BCUT2D eigenvalue weighted by atomic mass is 9.89. The normalized spacial score (nSPS) is 17.9. The van der Waals surface area contributed by atoms with E-state index < -0.39 is 0 Å². The van der Waals surface area contributed by atoms with Gasteiger partial charge in [-0.15, -0.1) is 11.3 Å². The van der Waals surface area contributed by atoms with Gasteiger partial charge in [-0.3, -0.25) is 9.59 Å². The van der Waals surface area contributed by atoms with Crippen molar-refractivity contribution < 1.29 is 4.79 Å². The van der Waals surface area contributed by atoms with Crippen LogP contribution in [0.4, 0.5) is 0 Å². The number of amides is 1. The fourth-order valence-corrected chi connectivity index (χ4v) is 5.62. The lowest BCUT2D eigenvalue weighted by Gasteiger charge is -2.17. The van der Waals surface area contributed by atoms with Crippen molar-refractivity contribution in [1.29, 1.82) is 0 Å². The number of nitrogens with one attached hydrogen (secondary N) is 2. The van der Waals surface area contributed by atoms with Crippen molar-refractivity contribution in [1.82, 2.24) is 15.3 Å². The average Bonchev–Trinajstić information content (AvgIpc) is 2.95. The smallest absolute Gasteiger partial charge is 0.260 e. The molecule has 1 amide bonds. The van der Waals surface area contributed by atoms with Gasteiger partial charge >= 0.3 is 0 Å². The van der Waals surface area contributed by atoms with E-state index in [0.29, 0.717) is 17.0 Å². The molecule has 0 fully saturated rings. The first-order valence-corrected chi connectivity index (χ1v) is 11.6. The molecule has 27 heavy (non-hydrogen) atoms. The van der Waals surface area contributed by atoms with E-state index in [1.807, 2.05) is 6.92 Å². The van der Waals surface area contributed by atoms with Crippen LogP contribution in [0.3, 0.4) is 0 Å². The van der Waals surface area contributed by atoms with Crippen LogP contribution in [-0.2, 0) is 17.6 Å². The number of thiophene rings is 1. The minimum Gasteiger partial charge on any atom is -0.353 e. The number of aryl methyl sites for hydroxylation is 1. The highest BCUT2D eigenvalue weighted by molar-refractivity contribution is 7.99. The van der Waals surface area contributed by atoms with Crippen LogP contribution in [0.1, 0.15) is 57.4 Å². The zero-order valence-electron chi connectivity index (χ0n) is 16.6. The van der Waals surface area contributed by atoms with Crippen LogP contribution in [0.15, 0.2) is 9.95 Å². The van der Waals surface area contributed by atoms with Gasteiger partial charge in [0.2, 0.25) is 5.91 Å². The summed E-state index contributed by atoms with van der Waals surface area (Å²) >= 11 is 2.94. The molecule has 0 bridgehead atoms. The molecule has 2 heterocycles. The molecule has 1 aliphatic rings. The number of hydrogen-bond acceptors (Lipinski definition) is 5. The van der Waals surface area contributed by atoms with Crippen molar-refractivity contribution >= 4 is 39.2 Å². The number of carbonyl (C=O) groups excluding carboxylic acids is 1. The molecule has 7 heteroatoms. The molecular formula is C20H29N3O2S2. The van der Waals surface area contributed by atoms with Gasteiger partial charge in [-0.2, -0.15) is 0 Å². The Morgan fingerprint density at radius 3 is 2.89 bits per heavy atom. The zero-order valence-corrected chi connectivity index (χ0v) is 18.2. The van der Waals surface area contributed by atoms with E-state index in [4.69, 9.17) is 0 Å². The molecule has 0 aliphatic heterocycles. The molecule has 2 aromatic rings. The standard InChI is InChI=1S/C20H29N3O2S2/c1-11(2)5-7-13(4)21-16(24)10-26-20-22-18(25)17-14-8-6-12(3)9-15(14)27-19(17)23-20/h11-13H,5-10H2,1-4H3,(H,21,24)(H,22,23,25)/t12-,13-/m1/s1. The van der Waals surface area contributed by atoms with Crippen molar-refractivity contribution in [2.75, 3.05) is 5.75 Å². The Morgan fingerprint density at radius 2 is 2.15 bits per heavy atom. The summed E-state index contributed by atoms with van der Waals surface area (Å²) in [6, 6.07) is 0.168. The quantitative estimate of drug-likeness (QED) is 0.534. The van der Waals surface area contributed by atoms with Crippen LogP contribution >= 0.6 is 23.1 Å². The van der Waals surface area contributed by atoms with Crippen LogP contribution in [0.5, 0.6) is 0 Å². The molecule has 3 rings (SSSR count). The highest BCUT2D eigenvalue weighted by atomic mass is 32.2. The van der Waals surface area contributed by atoms with Crippen LogP contribution in [0, 0.1) is 11.8 Å². The number of rotatable bonds is 7. The fraction of sp³-hybridized carbons (Fsp3) is 0.650. The van der Waals surface area contributed by atoms with E-state index in [-0.39, 0.29) is 23.3 Å². The number of thioether (sulfide) groups is 1. The predicted molar refractivity (Wildman–Crippen MR) is 114 cm³/mol. The SMILES string of the molecule is CC(C)CC[C@@H](C)NC(=O)CSc1nc2sc3c(c2c(=O)[nH]1)CC[C@@H](C)C3. The van der Waals surface area contributed by atoms with Gasteiger partial charge in [0.1, 0.15) is 4.83 Å². The number of fused-ring (bicyclic) bond motifs is 3. The van der Waals surface area contributed by atoms with Crippen molar-refractivity contribution in [3.63, 3.8) is 0 Å². The summed E-state index contributed by atoms with van der Waals surface area (Å²) in [4.78, 5) is 34.4. The van der Waals surface area contributed by atoms with Crippen LogP contribution in [0.2, 0.25) is 0 Å². The Hall–Kier alpha value is -1.34. The van der Waals surface area contributed by atoms with Gasteiger partial charge in [0.05, 0.1) is 11.1 Å². The number of aromatic nitrogens is 2. The first-order valence-electron chi connectivity index (χ1n) is 9.80. The first kappa shape index (κ1) is 20.4. The Bertz CT molecular complexity index is 872. The maximum absolute atomic E-state index is 12.6. The second-order valence-electron chi connectivity index (χ2n) is 8.13. The average molecular weight is 408 g/mol. The maximum Gasteiger partial charge on any atom is 0.260 e. The zero-order chi connectivity index (χ0) is 19.6. The van der Waals surface area contributed by atoms with Gasteiger partial charge in [0.25, 0.3) is 5.56 Å². The van der Waals surface area contributed by atoms with E-state index in [0.717, 1.165) is 42.3 Å². The second kappa shape index (κ2) is 8.78. The third-order valence-corrected chi connectivity index (χ3v) is 7.09. The topological polar surface area (TPSA) is 74.8 Å². The lowest BCUT2D eigenvalue weighted by Crippen LogP contribution is -2.34. The molecule has 2 atom stereocenters. The van der Waals surface area contributed by atoms with Gasteiger partial charge in [-0.1, -0.05) is 32.5 Å². The van der Waals surface area contributed by atoms with E-state index in [9.17, 15) is 9.59 Å². The Labute approximate surface area is 168 Å². The summed E-state index contributed by atoms with van der Waals surface area (Å²) < 4.78 is 0. The first-order chi connectivity index (χ1) is 12.8. The van der Waals surface area contributed by atoms with Gasteiger partial charge in [-0.05, 0) is 56.4 Å². The highest BCUT2D eigenvalue weighted by Crippen LogP contribution is 2.36. The number of aromatic amines is 1. The van der Waals surface area contributed by atoms with Crippen molar-refractivity contribution in [2.45, 2.75) is 71.0 Å². The van der Waals surface area contributed by atoms with E-state index in [1.165, 1.54) is 22.2 Å². The van der Waals surface area contributed by atoms with Crippen molar-refractivity contribution in [3.8, 4) is 0 Å². The Balaban J connectivity index is 1.64. The third-order valence-electron chi connectivity index (χ3n) is 5.07. The van der Waals surface area contributed by atoms with Gasteiger partial charge in [-0.25, -0.2) is 4.98 Å². The van der Waals surface area contributed by atoms with Gasteiger partial charge in [0.15, 0.2) is 5.16 Å². The lowest BCUT2D eigenvalue weighted by molar-refractivity contribution is -0.119. The number of nitrogens with zero attached hydrogens (tertiary/aromatic N) is 1. The number of carbonyl (C=O) groups is 1. The van der Waals surface area contributed by atoms with Crippen molar-refractivity contribution in [2.24, 2.45) is 11.8 Å². The minimum atomic E-state index is -0.0692. The molecule has 0 spiro atoms. The second-order valence-corrected chi connectivity index (χ2v) is 10.2.